The third-order valence-electron chi connectivity index (χ3n) is 1.64. The van der Waals surface area contributed by atoms with Gasteiger partial charge in [0.05, 0.1) is 6.20 Å². The number of benzene rings is 1. The highest BCUT2D eigenvalue weighted by Crippen LogP contribution is 2.18. The Morgan fingerprint density at radius 3 is 2.46 bits per heavy atom. The highest BCUT2D eigenvalue weighted by molar-refractivity contribution is 5.52. The Kier molecular flexibility index (Phi) is 1.85. The summed E-state index contributed by atoms with van der Waals surface area (Å²) in [5, 5.41) is 0. The molecule has 0 amide bonds. The molecule has 1 aromatic heterocycles. The average Bonchev–Trinajstić information content (AvgIpc) is 2.53. The molecule has 0 fully saturated rings. The molecular formula is C10H7FNO. The van der Waals surface area contributed by atoms with E-state index in [1.165, 1.54) is 18.3 Å². The van der Waals surface area contributed by atoms with Crippen LogP contribution in [0.4, 0.5) is 4.39 Å². The number of nitrogens with zero attached hydrogens (tertiary/aromatic N) is 1. The van der Waals surface area contributed by atoms with E-state index in [4.69, 9.17) is 4.42 Å². The molecule has 3 heteroatoms. The summed E-state index contributed by atoms with van der Waals surface area (Å²) in [6.45, 7) is 3.58. The van der Waals surface area contributed by atoms with Crippen LogP contribution in [0, 0.1) is 12.7 Å². The average molecular weight is 176 g/mol. The second kappa shape index (κ2) is 3.01. The van der Waals surface area contributed by atoms with Crippen molar-refractivity contribution in [2.75, 3.05) is 0 Å². The molecule has 65 valence electrons. The summed E-state index contributed by atoms with van der Waals surface area (Å²) in [7, 11) is 0. The highest BCUT2D eigenvalue weighted by atomic mass is 19.1. The van der Waals surface area contributed by atoms with Crippen molar-refractivity contribution in [3.05, 3.63) is 49.0 Å². The van der Waals surface area contributed by atoms with E-state index in [0.717, 1.165) is 5.56 Å². The Morgan fingerprint density at radius 2 is 1.92 bits per heavy atom. The molecule has 0 unspecified atom stereocenters. The fourth-order valence-electron chi connectivity index (χ4n) is 1.03. The lowest BCUT2D eigenvalue weighted by Crippen LogP contribution is -1.77. The summed E-state index contributed by atoms with van der Waals surface area (Å²) in [5.74, 6) is 0.689. The lowest BCUT2D eigenvalue weighted by molar-refractivity contribution is 0.556. The summed E-state index contributed by atoms with van der Waals surface area (Å²) in [5.41, 5.74) is 0.747. The van der Waals surface area contributed by atoms with Gasteiger partial charge in [-0.2, -0.15) is 0 Å². The second-order valence-electron chi connectivity index (χ2n) is 2.64. The molecule has 0 saturated carbocycles. The fourth-order valence-corrected chi connectivity index (χ4v) is 1.03. The van der Waals surface area contributed by atoms with Gasteiger partial charge in [0, 0.05) is 12.5 Å². The van der Waals surface area contributed by atoms with Crippen molar-refractivity contribution in [1.82, 2.24) is 4.98 Å². The van der Waals surface area contributed by atoms with Crippen LogP contribution in [0.2, 0.25) is 0 Å². The van der Waals surface area contributed by atoms with Crippen LogP contribution in [0.15, 0.2) is 34.9 Å². The zero-order valence-electron chi connectivity index (χ0n) is 6.83. The van der Waals surface area contributed by atoms with Crippen LogP contribution in [0.3, 0.4) is 0 Å². The van der Waals surface area contributed by atoms with E-state index in [0.29, 0.717) is 11.7 Å². The summed E-state index contributed by atoms with van der Waals surface area (Å²) >= 11 is 0. The van der Waals surface area contributed by atoms with Crippen molar-refractivity contribution in [2.24, 2.45) is 0 Å². The molecule has 2 rings (SSSR count). The topological polar surface area (TPSA) is 26.0 Å². The molecule has 0 saturated heterocycles. The summed E-state index contributed by atoms with van der Waals surface area (Å²) in [6, 6.07) is 5.95. The Labute approximate surface area is 75.0 Å². The molecule has 0 atom stereocenters. The second-order valence-corrected chi connectivity index (χ2v) is 2.64. The first kappa shape index (κ1) is 7.98. The molecule has 0 N–H and O–H groups in total. The first-order valence-electron chi connectivity index (χ1n) is 3.79. The molecule has 1 aromatic carbocycles. The van der Waals surface area contributed by atoms with Crippen LogP contribution < -0.4 is 0 Å². The normalized spacial score (nSPS) is 10.3. The van der Waals surface area contributed by atoms with Gasteiger partial charge in [-0.05, 0) is 24.3 Å². The van der Waals surface area contributed by atoms with Crippen molar-refractivity contribution in [1.29, 1.82) is 0 Å². The Balaban J connectivity index is 2.41. The van der Waals surface area contributed by atoms with Gasteiger partial charge in [0.1, 0.15) is 11.6 Å². The van der Waals surface area contributed by atoms with Crippen LogP contribution in [0.25, 0.3) is 11.5 Å². The van der Waals surface area contributed by atoms with Crippen molar-refractivity contribution >= 4 is 0 Å². The predicted molar refractivity (Wildman–Crippen MR) is 46.4 cm³/mol. The van der Waals surface area contributed by atoms with Gasteiger partial charge in [-0.15, -0.1) is 0 Å². The molecule has 2 nitrogen and oxygen atoms in total. The molecular weight excluding hydrogens is 169 g/mol. The summed E-state index contributed by atoms with van der Waals surface area (Å²) in [4.78, 5) is 3.96. The first-order valence-corrected chi connectivity index (χ1v) is 3.79. The molecule has 0 aliphatic heterocycles. The lowest BCUT2D eigenvalue weighted by Gasteiger charge is -1.93. The van der Waals surface area contributed by atoms with E-state index in [1.807, 2.05) is 0 Å². The maximum absolute atomic E-state index is 12.5. The molecule has 0 bridgehead atoms. The maximum atomic E-state index is 12.5. The van der Waals surface area contributed by atoms with Gasteiger partial charge >= 0.3 is 0 Å². The molecule has 0 spiro atoms. The predicted octanol–water partition coefficient (Wildman–Crippen LogP) is 2.66. The summed E-state index contributed by atoms with van der Waals surface area (Å²) < 4.78 is 17.7. The van der Waals surface area contributed by atoms with Crippen molar-refractivity contribution in [3.8, 4) is 11.5 Å². The Morgan fingerprint density at radius 1 is 1.23 bits per heavy atom. The van der Waals surface area contributed by atoms with Gasteiger partial charge in [-0.3, -0.25) is 0 Å². The van der Waals surface area contributed by atoms with E-state index in [9.17, 15) is 4.39 Å². The SMILES string of the molecule is [CH2]c1cnc(-c2ccc(F)cc2)o1. The van der Waals surface area contributed by atoms with E-state index in [-0.39, 0.29) is 5.82 Å². The largest absolute Gasteiger partial charge is 0.441 e. The van der Waals surface area contributed by atoms with Crippen LogP contribution in [-0.4, -0.2) is 4.98 Å². The quantitative estimate of drug-likeness (QED) is 0.667. The van der Waals surface area contributed by atoms with Gasteiger partial charge in [0.2, 0.25) is 5.89 Å². The number of hydrogen-bond acceptors (Lipinski definition) is 2. The maximum Gasteiger partial charge on any atom is 0.226 e. The summed E-state index contributed by atoms with van der Waals surface area (Å²) in [6.07, 6.45) is 1.53. The van der Waals surface area contributed by atoms with Gasteiger partial charge in [-0.25, -0.2) is 9.37 Å². The Bertz CT molecular complexity index is 405. The van der Waals surface area contributed by atoms with E-state index < -0.39 is 0 Å². The fraction of sp³-hybridized carbons (Fsp3) is 0. The molecule has 1 radical (unpaired) electrons. The minimum absolute atomic E-state index is 0.273. The van der Waals surface area contributed by atoms with Gasteiger partial charge in [0.25, 0.3) is 0 Å². The van der Waals surface area contributed by atoms with Crippen molar-refractivity contribution < 1.29 is 8.81 Å². The highest BCUT2D eigenvalue weighted by Gasteiger charge is 2.03. The monoisotopic (exact) mass is 176 g/mol. The number of halogens is 1. The third-order valence-corrected chi connectivity index (χ3v) is 1.64. The molecule has 0 aliphatic carbocycles. The van der Waals surface area contributed by atoms with E-state index >= 15 is 0 Å². The molecule has 13 heavy (non-hydrogen) atoms. The number of rotatable bonds is 1. The van der Waals surface area contributed by atoms with E-state index in [1.54, 1.807) is 12.1 Å². The molecule has 2 aromatic rings. The standard InChI is InChI=1S/C10H7FNO/c1-7-6-12-10(13-7)8-2-4-9(11)5-3-8/h2-6H,1H2. The minimum Gasteiger partial charge on any atom is -0.441 e. The van der Waals surface area contributed by atoms with Gasteiger partial charge < -0.3 is 4.42 Å². The zero-order valence-corrected chi connectivity index (χ0v) is 6.83. The van der Waals surface area contributed by atoms with Gasteiger partial charge in [0.15, 0.2) is 0 Å². The van der Waals surface area contributed by atoms with Crippen LogP contribution >= 0.6 is 0 Å². The van der Waals surface area contributed by atoms with Gasteiger partial charge in [-0.1, -0.05) is 0 Å². The number of oxazole rings is 1. The number of hydrogen-bond donors (Lipinski definition) is 0. The van der Waals surface area contributed by atoms with Crippen LogP contribution in [0.1, 0.15) is 5.76 Å². The van der Waals surface area contributed by atoms with Crippen molar-refractivity contribution in [2.45, 2.75) is 0 Å². The minimum atomic E-state index is -0.273. The van der Waals surface area contributed by atoms with Crippen LogP contribution in [-0.2, 0) is 0 Å². The zero-order chi connectivity index (χ0) is 9.26. The number of aromatic nitrogens is 1. The lowest BCUT2D eigenvalue weighted by atomic mass is 10.2. The van der Waals surface area contributed by atoms with Crippen LogP contribution in [0.5, 0.6) is 0 Å². The first-order chi connectivity index (χ1) is 6.25. The smallest absolute Gasteiger partial charge is 0.226 e. The molecule has 1 heterocycles. The molecule has 0 aliphatic rings. The van der Waals surface area contributed by atoms with E-state index in [2.05, 4.69) is 11.9 Å². The van der Waals surface area contributed by atoms with Crippen molar-refractivity contribution in [3.63, 3.8) is 0 Å². The third kappa shape index (κ3) is 1.59. The Hall–Kier alpha value is -1.64.